The average Bonchev–Trinajstić information content (AvgIpc) is 3.08. The van der Waals surface area contributed by atoms with Gasteiger partial charge in [0.1, 0.15) is 0 Å². The Labute approximate surface area is 162 Å². The molecule has 146 valence electrons. The van der Waals surface area contributed by atoms with E-state index in [1.165, 1.54) is 0 Å². The van der Waals surface area contributed by atoms with Gasteiger partial charge in [0.25, 0.3) is 0 Å². The van der Waals surface area contributed by atoms with E-state index in [1.807, 2.05) is 31.3 Å². The molecule has 1 aliphatic rings. The lowest BCUT2D eigenvalue weighted by molar-refractivity contribution is -0.121. The summed E-state index contributed by atoms with van der Waals surface area (Å²) in [5.41, 5.74) is 2.89. The molecule has 0 spiro atoms. The number of nitrogens with one attached hydrogen (secondary N) is 3. The Bertz CT molecular complexity index is 1000. The van der Waals surface area contributed by atoms with Crippen molar-refractivity contribution in [1.29, 1.82) is 0 Å². The highest BCUT2D eigenvalue weighted by Crippen LogP contribution is 2.16. The molecule has 3 N–H and O–H groups in total. The van der Waals surface area contributed by atoms with E-state index >= 15 is 0 Å². The predicted molar refractivity (Wildman–Crippen MR) is 108 cm³/mol. The number of hydrogen-bond acceptors (Lipinski definition) is 5. The quantitative estimate of drug-likeness (QED) is 0.622. The summed E-state index contributed by atoms with van der Waals surface area (Å²) in [7, 11) is 0. The number of anilines is 1. The minimum Gasteiger partial charge on any atom is -0.325 e. The summed E-state index contributed by atoms with van der Waals surface area (Å²) in [6.07, 6.45) is 1.82. The lowest BCUT2D eigenvalue weighted by Crippen LogP contribution is -2.52. The molecule has 1 atom stereocenters. The van der Waals surface area contributed by atoms with Gasteiger partial charge in [0, 0.05) is 44.6 Å². The number of H-pyrrole nitrogens is 2. The SMILES string of the molecule is CC(C(=O)Nc1ccc2[nH]c(=O)[nH]c2c1)N1CCN(Cc2ccccn2)CC1. The Balaban J connectivity index is 1.32. The summed E-state index contributed by atoms with van der Waals surface area (Å²) in [5.74, 6) is -0.0459. The molecule has 0 aliphatic carbocycles. The Morgan fingerprint density at radius 3 is 2.68 bits per heavy atom. The van der Waals surface area contributed by atoms with Gasteiger partial charge in [-0.05, 0) is 37.3 Å². The van der Waals surface area contributed by atoms with Gasteiger partial charge in [-0.3, -0.25) is 19.6 Å². The molecule has 0 saturated carbocycles. The van der Waals surface area contributed by atoms with Crippen molar-refractivity contribution in [3.05, 3.63) is 58.8 Å². The van der Waals surface area contributed by atoms with Crippen molar-refractivity contribution in [3.8, 4) is 0 Å². The van der Waals surface area contributed by atoms with Crippen molar-refractivity contribution >= 4 is 22.6 Å². The van der Waals surface area contributed by atoms with Gasteiger partial charge in [-0.1, -0.05) is 6.07 Å². The second-order valence-electron chi connectivity index (χ2n) is 7.14. The van der Waals surface area contributed by atoms with Gasteiger partial charge < -0.3 is 15.3 Å². The van der Waals surface area contributed by atoms with Crippen LogP contribution in [0.3, 0.4) is 0 Å². The molecule has 28 heavy (non-hydrogen) atoms. The molecule has 8 heteroatoms. The number of hydrogen-bond donors (Lipinski definition) is 3. The largest absolute Gasteiger partial charge is 0.325 e. The molecule has 1 saturated heterocycles. The lowest BCUT2D eigenvalue weighted by Gasteiger charge is -2.37. The molecular formula is C20H24N6O2. The molecule has 2 aromatic heterocycles. The first-order chi connectivity index (χ1) is 13.6. The van der Waals surface area contributed by atoms with Crippen molar-refractivity contribution in [2.75, 3.05) is 31.5 Å². The van der Waals surface area contributed by atoms with Gasteiger partial charge in [-0.25, -0.2) is 4.79 Å². The van der Waals surface area contributed by atoms with E-state index in [0.29, 0.717) is 11.2 Å². The monoisotopic (exact) mass is 380 g/mol. The third kappa shape index (κ3) is 4.13. The van der Waals surface area contributed by atoms with E-state index in [0.717, 1.165) is 43.9 Å². The van der Waals surface area contributed by atoms with Gasteiger partial charge in [0.15, 0.2) is 0 Å². The molecule has 0 bridgehead atoms. The van der Waals surface area contributed by atoms with Crippen molar-refractivity contribution in [1.82, 2.24) is 24.8 Å². The molecule has 4 rings (SSSR count). The summed E-state index contributed by atoms with van der Waals surface area (Å²) in [4.78, 5) is 38.4. The topological polar surface area (TPSA) is 97.1 Å². The van der Waals surface area contributed by atoms with Crippen LogP contribution in [0.25, 0.3) is 11.0 Å². The van der Waals surface area contributed by atoms with Gasteiger partial charge in [0.05, 0.1) is 22.8 Å². The molecule has 1 unspecified atom stereocenters. The number of carbonyl (C=O) groups is 1. The summed E-state index contributed by atoms with van der Waals surface area (Å²) in [6.45, 7) is 6.26. The van der Waals surface area contributed by atoms with Crippen LogP contribution in [0.15, 0.2) is 47.4 Å². The highest BCUT2D eigenvalue weighted by Gasteiger charge is 2.25. The van der Waals surface area contributed by atoms with Crippen molar-refractivity contribution in [2.45, 2.75) is 19.5 Å². The first kappa shape index (κ1) is 18.4. The zero-order chi connectivity index (χ0) is 19.5. The normalized spacial score (nSPS) is 16.9. The molecular weight excluding hydrogens is 356 g/mol. The van der Waals surface area contributed by atoms with Crippen LogP contribution in [0, 0.1) is 0 Å². The molecule has 1 fully saturated rings. The number of carbonyl (C=O) groups excluding carboxylic acids is 1. The first-order valence-electron chi connectivity index (χ1n) is 9.48. The lowest BCUT2D eigenvalue weighted by atomic mass is 10.2. The third-order valence-electron chi connectivity index (χ3n) is 5.23. The van der Waals surface area contributed by atoms with E-state index in [-0.39, 0.29) is 17.6 Å². The van der Waals surface area contributed by atoms with Crippen molar-refractivity contribution in [2.24, 2.45) is 0 Å². The number of piperazine rings is 1. The Morgan fingerprint density at radius 1 is 1.14 bits per heavy atom. The van der Waals surface area contributed by atoms with Gasteiger partial charge in [-0.15, -0.1) is 0 Å². The molecule has 3 heterocycles. The molecule has 1 amide bonds. The number of nitrogens with zero attached hydrogens (tertiary/aromatic N) is 3. The van der Waals surface area contributed by atoms with E-state index in [1.54, 1.807) is 18.2 Å². The van der Waals surface area contributed by atoms with Crippen LogP contribution >= 0.6 is 0 Å². The summed E-state index contributed by atoms with van der Waals surface area (Å²) in [5, 5.41) is 2.95. The number of benzene rings is 1. The minimum absolute atomic E-state index is 0.0459. The molecule has 1 aliphatic heterocycles. The molecule has 0 radical (unpaired) electrons. The Morgan fingerprint density at radius 2 is 1.93 bits per heavy atom. The second kappa shape index (κ2) is 7.95. The summed E-state index contributed by atoms with van der Waals surface area (Å²) < 4.78 is 0. The van der Waals surface area contributed by atoms with E-state index in [9.17, 15) is 9.59 Å². The third-order valence-corrected chi connectivity index (χ3v) is 5.23. The van der Waals surface area contributed by atoms with Crippen LogP contribution in [-0.4, -0.2) is 62.9 Å². The highest BCUT2D eigenvalue weighted by atomic mass is 16.2. The smallest absolute Gasteiger partial charge is 0.323 e. The van der Waals surface area contributed by atoms with Crippen LogP contribution in [0.5, 0.6) is 0 Å². The van der Waals surface area contributed by atoms with Crippen LogP contribution < -0.4 is 11.0 Å². The molecule has 3 aromatic rings. The number of rotatable bonds is 5. The highest BCUT2D eigenvalue weighted by molar-refractivity contribution is 5.96. The van der Waals surface area contributed by atoms with E-state index < -0.39 is 0 Å². The van der Waals surface area contributed by atoms with Crippen LogP contribution in [0.2, 0.25) is 0 Å². The standard InChI is InChI=1S/C20H24N6O2/c1-14(19(27)22-15-5-6-17-18(12-15)24-20(28)23-17)26-10-8-25(9-11-26)13-16-4-2-3-7-21-16/h2-7,12,14H,8-11,13H2,1H3,(H,22,27)(H2,23,24,28). The fourth-order valence-electron chi connectivity index (χ4n) is 3.55. The zero-order valence-corrected chi connectivity index (χ0v) is 15.8. The van der Waals surface area contributed by atoms with E-state index in [2.05, 4.69) is 30.1 Å². The van der Waals surface area contributed by atoms with Crippen LogP contribution in [-0.2, 0) is 11.3 Å². The van der Waals surface area contributed by atoms with Crippen LogP contribution in [0.1, 0.15) is 12.6 Å². The summed E-state index contributed by atoms with van der Waals surface area (Å²) >= 11 is 0. The number of pyridine rings is 1. The zero-order valence-electron chi connectivity index (χ0n) is 15.8. The molecule has 1 aromatic carbocycles. The van der Waals surface area contributed by atoms with Crippen molar-refractivity contribution < 1.29 is 4.79 Å². The second-order valence-corrected chi connectivity index (χ2v) is 7.14. The summed E-state index contributed by atoms with van der Waals surface area (Å²) in [6, 6.07) is 11.1. The maximum absolute atomic E-state index is 12.7. The number of amides is 1. The predicted octanol–water partition coefficient (Wildman–Crippen LogP) is 1.40. The van der Waals surface area contributed by atoms with E-state index in [4.69, 9.17) is 0 Å². The van der Waals surface area contributed by atoms with Crippen LogP contribution in [0.4, 0.5) is 5.69 Å². The average molecular weight is 380 g/mol. The maximum Gasteiger partial charge on any atom is 0.323 e. The number of aromatic amines is 2. The first-order valence-corrected chi connectivity index (χ1v) is 9.48. The minimum atomic E-state index is -0.254. The van der Waals surface area contributed by atoms with Crippen molar-refractivity contribution in [3.63, 3.8) is 0 Å². The molecule has 8 nitrogen and oxygen atoms in total. The number of fused-ring (bicyclic) bond motifs is 1. The Kier molecular flexibility index (Phi) is 5.23. The fraction of sp³-hybridized carbons (Fsp3) is 0.350. The fourth-order valence-corrected chi connectivity index (χ4v) is 3.55. The van der Waals surface area contributed by atoms with Gasteiger partial charge in [0.2, 0.25) is 5.91 Å². The Hall–Kier alpha value is -2.97. The van der Waals surface area contributed by atoms with Gasteiger partial charge in [-0.2, -0.15) is 0 Å². The number of imidazole rings is 1. The maximum atomic E-state index is 12.7. The number of aromatic nitrogens is 3. The van der Waals surface area contributed by atoms with Gasteiger partial charge >= 0.3 is 5.69 Å².